The quantitative estimate of drug-likeness (QED) is 0.381. The highest BCUT2D eigenvalue weighted by Gasteiger charge is 2.39. The zero-order valence-corrected chi connectivity index (χ0v) is 15.3. The molecule has 2 saturated carbocycles. The number of halogens is 1. The van der Waals surface area contributed by atoms with E-state index in [1.54, 1.807) is 0 Å². The first-order valence-electron chi connectivity index (χ1n) is 8.04. The summed E-state index contributed by atoms with van der Waals surface area (Å²) in [7, 11) is 1.47. The van der Waals surface area contributed by atoms with E-state index in [-0.39, 0.29) is 17.8 Å². The van der Waals surface area contributed by atoms with Crippen LogP contribution in [0.2, 0.25) is 0 Å². The normalized spacial score (nSPS) is 26.1. The van der Waals surface area contributed by atoms with Gasteiger partial charge in [0.05, 0.1) is 19.6 Å². The maximum absolute atomic E-state index is 11.9. The van der Waals surface area contributed by atoms with Crippen LogP contribution < -0.4 is 4.74 Å². The molecule has 0 spiro atoms. The molecular weight excluding hydrogens is 391 g/mol. The van der Waals surface area contributed by atoms with Crippen molar-refractivity contribution in [2.45, 2.75) is 36.0 Å². The number of carbonyl (C=O) groups is 1. The molecule has 22 heavy (non-hydrogen) atoms. The summed E-state index contributed by atoms with van der Waals surface area (Å²) in [6.45, 7) is 2.80. The second kappa shape index (κ2) is 6.77. The summed E-state index contributed by atoms with van der Waals surface area (Å²) in [5, 5.41) is 0. The molecule has 4 atom stereocenters. The van der Waals surface area contributed by atoms with E-state index in [0.717, 1.165) is 22.2 Å². The molecule has 0 aliphatic heterocycles. The standard InChI is InChI=1S/C18H23IO3/c1-11(18(20)21-2)17(12-3-4-12)13-5-7-15(8-6-13)22-10-14-9-16(14)19/h5-8,11-12,14,16-17H,3-4,9-10H2,1-2H3/t11-,14-,16+,17-/m0/s1. The zero-order chi connectivity index (χ0) is 15.7. The maximum Gasteiger partial charge on any atom is 0.309 e. The second-order valence-corrected chi connectivity index (χ2v) is 8.17. The highest BCUT2D eigenvalue weighted by molar-refractivity contribution is 14.1. The second-order valence-electron chi connectivity index (χ2n) is 6.57. The molecule has 0 bridgehead atoms. The van der Waals surface area contributed by atoms with Crippen LogP contribution in [-0.4, -0.2) is 23.6 Å². The lowest BCUT2D eigenvalue weighted by Crippen LogP contribution is -2.22. The molecule has 2 fully saturated rings. The first-order valence-corrected chi connectivity index (χ1v) is 9.29. The molecule has 0 unspecified atom stereocenters. The van der Waals surface area contributed by atoms with Gasteiger partial charge in [-0.05, 0) is 48.8 Å². The number of rotatable bonds is 7. The summed E-state index contributed by atoms with van der Waals surface area (Å²) in [6, 6.07) is 8.32. The lowest BCUT2D eigenvalue weighted by Gasteiger charge is -2.22. The average molecular weight is 414 g/mol. The van der Waals surface area contributed by atoms with Crippen LogP contribution >= 0.6 is 22.6 Å². The first-order chi connectivity index (χ1) is 10.6. The topological polar surface area (TPSA) is 35.5 Å². The Kier molecular flexibility index (Phi) is 4.95. The fraction of sp³-hybridized carbons (Fsp3) is 0.611. The van der Waals surface area contributed by atoms with Gasteiger partial charge >= 0.3 is 5.97 Å². The van der Waals surface area contributed by atoms with Crippen LogP contribution in [0.5, 0.6) is 5.75 Å². The fourth-order valence-corrected chi connectivity index (χ4v) is 3.99. The number of hydrogen-bond donors (Lipinski definition) is 0. The number of alkyl halides is 1. The minimum Gasteiger partial charge on any atom is -0.493 e. The van der Waals surface area contributed by atoms with Crippen LogP contribution in [0.15, 0.2) is 24.3 Å². The largest absolute Gasteiger partial charge is 0.493 e. The van der Waals surface area contributed by atoms with E-state index in [1.807, 2.05) is 19.1 Å². The summed E-state index contributed by atoms with van der Waals surface area (Å²) in [5.74, 6) is 2.34. The molecule has 0 N–H and O–H groups in total. The Bertz CT molecular complexity index is 524. The Labute approximate surface area is 145 Å². The van der Waals surface area contributed by atoms with Crippen molar-refractivity contribution < 1.29 is 14.3 Å². The van der Waals surface area contributed by atoms with Gasteiger partial charge in [0.25, 0.3) is 0 Å². The van der Waals surface area contributed by atoms with Crippen molar-refractivity contribution >= 4 is 28.6 Å². The molecule has 0 saturated heterocycles. The number of hydrogen-bond acceptors (Lipinski definition) is 3. The molecule has 2 aliphatic carbocycles. The number of benzene rings is 1. The Morgan fingerprint density at radius 3 is 2.45 bits per heavy atom. The third-order valence-electron chi connectivity index (χ3n) is 4.81. The van der Waals surface area contributed by atoms with Gasteiger partial charge in [0, 0.05) is 9.84 Å². The lowest BCUT2D eigenvalue weighted by atomic mass is 9.83. The number of carbonyl (C=O) groups excluding carboxylic acids is 1. The Balaban J connectivity index is 1.65. The van der Waals surface area contributed by atoms with Gasteiger partial charge in [-0.25, -0.2) is 0 Å². The molecule has 3 nitrogen and oxygen atoms in total. The van der Waals surface area contributed by atoms with Crippen molar-refractivity contribution in [3.05, 3.63) is 29.8 Å². The number of esters is 1. The highest BCUT2D eigenvalue weighted by atomic mass is 127. The molecule has 0 heterocycles. The minimum atomic E-state index is -0.112. The minimum absolute atomic E-state index is 0.0875. The van der Waals surface area contributed by atoms with Gasteiger partial charge in [0.1, 0.15) is 5.75 Å². The Morgan fingerprint density at radius 1 is 1.32 bits per heavy atom. The van der Waals surface area contributed by atoms with E-state index in [2.05, 4.69) is 34.7 Å². The van der Waals surface area contributed by atoms with E-state index >= 15 is 0 Å². The van der Waals surface area contributed by atoms with Crippen LogP contribution in [0.25, 0.3) is 0 Å². The Hall–Kier alpha value is -0.780. The molecule has 2 aliphatic rings. The van der Waals surface area contributed by atoms with Gasteiger partial charge in [-0.3, -0.25) is 4.79 Å². The van der Waals surface area contributed by atoms with Crippen molar-refractivity contribution in [3.8, 4) is 5.75 Å². The predicted molar refractivity (Wildman–Crippen MR) is 94.5 cm³/mol. The van der Waals surface area contributed by atoms with Gasteiger partial charge in [-0.15, -0.1) is 0 Å². The molecular formula is C18H23IO3. The van der Waals surface area contributed by atoms with E-state index in [1.165, 1.54) is 31.9 Å². The summed E-state index contributed by atoms with van der Waals surface area (Å²) < 4.78 is 11.6. The highest BCUT2D eigenvalue weighted by Crippen LogP contribution is 2.47. The van der Waals surface area contributed by atoms with E-state index in [4.69, 9.17) is 9.47 Å². The van der Waals surface area contributed by atoms with Crippen LogP contribution in [0.3, 0.4) is 0 Å². The van der Waals surface area contributed by atoms with Gasteiger partial charge in [0.15, 0.2) is 0 Å². The van der Waals surface area contributed by atoms with Crippen molar-refractivity contribution in [2.24, 2.45) is 17.8 Å². The van der Waals surface area contributed by atoms with Crippen molar-refractivity contribution in [2.75, 3.05) is 13.7 Å². The van der Waals surface area contributed by atoms with Gasteiger partial charge in [-0.2, -0.15) is 0 Å². The molecule has 3 rings (SSSR count). The van der Waals surface area contributed by atoms with Gasteiger partial charge in [0.2, 0.25) is 0 Å². The van der Waals surface area contributed by atoms with Crippen molar-refractivity contribution in [3.63, 3.8) is 0 Å². The lowest BCUT2D eigenvalue weighted by molar-refractivity contribution is -0.145. The van der Waals surface area contributed by atoms with Crippen molar-refractivity contribution in [1.82, 2.24) is 0 Å². The van der Waals surface area contributed by atoms with Crippen LogP contribution in [-0.2, 0) is 9.53 Å². The van der Waals surface area contributed by atoms with Crippen LogP contribution in [0, 0.1) is 17.8 Å². The van der Waals surface area contributed by atoms with E-state index in [0.29, 0.717) is 5.92 Å². The summed E-state index contributed by atoms with van der Waals surface area (Å²) in [4.78, 5) is 11.9. The molecule has 0 radical (unpaired) electrons. The summed E-state index contributed by atoms with van der Waals surface area (Å²) in [6.07, 6.45) is 3.70. The van der Waals surface area contributed by atoms with Gasteiger partial charge in [-0.1, -0.05) is 41.6 Å². The van der Waals surface area contributed by atoms with E-state index in [9.17, 15) is 4.79 Å². The fourth-order valence-electron chi connectivity index (χ4n) is 3.13. The first kappa shape index (κ1) is 16.1. The smallest absolute Gasteiger partial charge is 0.309 e. The maximum atomic E-state index is 11.9. The monoisotopic (exact) mass is 414 g/mol. The predicted octanol–water partition coefficient (Wildman–Crippen LogP) is 4.19. The van der Waals surface area contributed by atoms with Crippen molar-refractivity contribution in [1.29, 1.82) is 0 Å². The number of methoxy groups -OCH3 is 1. The molecule has 1 aromatic rings. The van der Waals surface area contributed by atoms with Gasteiger partial charge < -0.3 is 9.47 Å². The Morgan fingerprint density at radius 2 is 1.95 bits per heavy atom. The van der Waals surface area contributed by atoms with E-state index < -0.39 is 0 Å². The molecule has 0 aromatic heterocycles. The number of ether oxygens (including phenoxy) is 2. The third kappa shape index (κ3) is 3.76. The zero-order valence-electron chi connectivity index (χ0n) is 13.1. The summed E-state index contributed by atoms with van der Waals surface area (Å²) in [5.41, 5.74) is 1.23. The summed E-state index contributed by atoms with van der Waals surface area (Å²) >= 11 is 2.48. The van der Waals surface area contributed by atoms with Crippen LogP contribution in [0.1, 0.15) is 37.7 Å². The molecule has 1 aromatic carbocycles. The average Bonchev–Trinajstić information content (AvgIpc) is 3.44. The third-order valence-corrected chi connectivity index (χ3v) is 6.33. The molecule has 4 heteroatoms. The SMILES string of the molecule is COC(=O)[C@@H](C)[C@H](c1ccc(OC[C@@H]2C[C@H]2I)cc1)C1CC1. The van der Waals surface area contributed by atoms with Crippen LogP contribution in [0.4, 0.5) is 0 Å². The molecule has 120 valence electrons. The molecule has 0 amide bonds.